The van der Waals surface area contributed by atoms with Crippen LogP contribution in [-0.4, -0.2) is 36.2 Å². The van der Waals surface area contributed by atoms with E-state index in [0.29, 0.717) is 30.3 Å². The number of alkyl halides is 3. The Bertz CT molecular complexity index is 1030. The molecule has 1 aliphatic heterocycles. The second-order valence-corrected chi connectivity index (χ2v) is 7.37. The van der Waals surface area contributed by atoms with Gasteiger partial charge in [0.25, 0.3) is 5.69 Å². The summed E-state index contributed by atoms with van der Waals surface area (Å²) in [5, 5.41) is 11.2. The molecule has 1 amide bonds. The summed E-state index contributed by atoms with van der Waals surface area (Å²) in [6.07, 6.45) is -4.18. The summed E-state index contributed by atoms with van der Waals surface area (Å²) in [5.41, 5.74) is -0.0563. The summed E-state index contributed by atoms with van der Waals surface area (Å²) < 4.78 is 43.1. The molecule has 0 unspecified atom stereocenters. The van der Waals surface area contributed by atoms with Gasteiger partial charge in [0.2, 0.25) is 5.91 Å². The van der Waals surface area contributed by atoms with Crippen molar-refractivity contribution in [3.63, 3.8) is 0 Å². The van der Waals surface area contributed by atoms with Crippen LogP contribution in [0.5, 0.6) is 0 Å². The lowest BCUT2D eigenvalue weighted by Gasteiger charge is -2.17. The van der Waals surface area contributed by atoms with E-state index in [1.807, 2.05) is 0 Å². The van der Waals surface area contributed by atoms with Crippen molar-refractivity contribution in [1.29, 1.82) is 0 Å². The number of benzene rings is 2. The molecule has 2 aromatic rings. The molecule has 0 saturated carbocycles. The van der Waals surface area contributed by atoms with Crippen LogP contribution in [0.4, 0.5) is 24.5 Å². The highest BCUT2D eigenvalue weighted by Crippen LogP contribution is 2.37. The number of hydrogen-bond acceptors (Lipinski definition) is 6. The first kappa shape index (κ1) is 21.6. The molecule has 1 heterocycles. The number of thioether (sulfide) groups is 1. The first-order valence-electron chi connectivity index (χ1n) is 8.62. The zero-order valence-electron chi connectivity index (χ0n) is 15.6. The number of carbonyl (C=O) groups is 2. The monoisotopic (exact) mass is 440 g/mol. The van der Waals surface area contributed by atoms with Gasteiger partial charge in [-0.1, -0.05) is 0 Å². The molecule has 1 aliphatic rings. The Kier molecular flexibility index (Phi) is 6.01. The molecule has 2 aromatic carbocycles. The Hall–Kier alpha value is -3.08. The Morgan fingerprint density at radius 3 is 2.60 bits per heavy atom. The number of halogens is 3. The molecule has 0 aromatic heterocycles. The minimum atomic E-state index is -4.70. The maximum Gasteiger partial charge on any atom is 0.416 e. The van der Waals surface area contributed by atoms with E-state index in [-0.39, 0.29) is 16.6 Å². The predicted molar refractivity (Wildman–Crippen MR) is 103 cm³/mol. The average Bonchev–Trinajstić information content (AvgIpc) is 3.13. The van der Waals surface area contributed by atoms with Crippen LogP contribution >= 0.6 is 11.8 Å². The summed E-state index contributed by atoms with van der Waals surface area (Å²) in [5.74, 6) is -1.03. The number of rotatable bonds is 5. The van der Waals surface area contributed by atoms with Gasteiger partial charge < -0.3 is 9.64 Å². The Labute approximate surface area is 173 Å². The number of anilines is 1. The lowest BCUT2D eigenvalue weighted by atomic mass is 10.1. The summed E-state index contributed by atoms with van der Waals surface area (Å²) in [6, 6.07) is 7.01. The van der Waals surface area contributed by atoms with Crippen LogP contribution in [0.3, 0.4) is 0 Å². The highest BCUT2D eigenvalue weighted by atomic mass is 32.2. The van der Waals surface area contributed by atoms with Crippen LogP contribution in [0.15, 0.2) is 41.3 Å². The average molecular weight is 440 g/mol. The van der Waals surface area contributed by atoms with Crippen molar-refractivity contribution < 1.29 is 32.4 Å². The number of methoxy groups -OCH3 is 1. The minimum Gasteiger partial charge on any atom is -0.465 e. The molecule has 0 atom stereocenters. The fourth-order valence-corrected chi connectivity index (χ4v) is 3.96. The number of nitro benzene ring substituents is 1. The lowest BCUT2D eigenvalue weighted by molar-refractivity contribution is -0.388. The van der Waals surface area contributed by atoms with Gasteiger partial charge in [0, 0.05) is 18.3 Å². The van der Waals surface area contributed by atoms with E-state index in [1.54, 1.807) is 12.1 Å². The van der Waals surface area contributed by atoms with Gasteiger partial charge in [-0.2, -0.15) is 13.2 Å². The van der Waals surface area contributed by atoms with Gasteiger partial charge in [-0.05, 0) is 42.3 Å². The second-order valence-electron chi connectivity index (χ2n) is 6.36. The maximum absolute atomic E-state index is 12.8. The molecule has 7 nitrogen and oxygen atoms in total. The van der Waals surface area contributed by atoms with E-state index in [4.69, 9.17) is 0 Å². The number of fused-ring (bicyclic) bond motifs is 1. The van der Waals surface area contributed by atoms with Crippen LogP contribution in [0, 0.1) is 10.1 Å². The van der Waals surface area contributed by atoms with E-state index in [1.165, 1.54) is 18.1 Å². The largest absolute Gasteiger partial charge is 0.465 e. The molecule has 0 N–H and O–H groups in total. The fourth-order valence-electron chi connectivity index (χ4n) is 3.08. The summed E-state index contributed by atoms with van der Waals surface area (Å²) in [7, 11) is 1.27. The number of esters is 1. The quantitative estimate of drug-likeness (QED) is 0.301. The number of nitro groups is 1. The van der Waals surface area contributed by atoms with Crippen LogP contribution in [0.25, 0.3) is 0 Å². The molecular formula is C19H15F3N2O5S. The lowest BCUT2D eigenvalue weighted by Crippen LogP contribution is -2.30. The van der Waals surface area contributed by atoms with Crippen LogP contribution in [0.2, 0.25) is 0 Å². The van der Waals surface area contributed by atoms with Crippen molar-refractivity contribution in [3.05, 3.63) is 63.2 Å². The molecule has 0 radical (unpaired) electrons. The van der Waals surface area contributed by atoms with Crippen molar-refractivity contribution >= 4 is 35.0 Å². The number of carbonyl (C=O) groups excluding carboxylic acids is 2. The van der Waals surface area contributed by atoms with E-state index >= 15 is 0 Å². The van der Waals surface area contributed by atoms with E-state index in [2.05, 4.69) is 4.74 Å². The molecular weight excluding hydrogens is 425 g/mol. The fraction of sp³-hybridized carbons (Fsp3) is 0.263. The van der Waals surface area contributed by atoms with Gasteiger partial charge in [0.15, 0.2) is 0 Å². The van der Waals surface area contributed by atoms with Gasteiger partial charge in [-0.25, -0.2) is 4.79 Å². The minimum absolute atomic E-state index is 0.0261. The van der Waals surface area contributed by atoms with Gasteiger partial charge in [0.1, 0.15) is 0 Å². The van der Waals surface area contributed by atoms with E-state index in [9.17, 15) is 32.9 Å². The third-order valence-corrected chi connectivity index (χ3v) is 5.58. The highest BCUT2D eigenvalue weighted by Gasteiger charge is 2.33. The topological polar surface area (TPSA) is 89.8 Å². The molecule has 11 heteroatoms. The predicted octanol–water partition coefficient (Wildman–Crippen LogP) is 4.08. The molecule has 3 rings (SSSR count). The molecule has 0 fully saturated rings. The standard InChI is InChI=1S/C19H15F3N2O5S/c1-29-18(26)12-2-4-14-11(8-12)6-7-23(14)17(25)10-30-16-5-3-13(19(20,21)22)9-15(16)24(27)28/h2-5,8-9H,6-7,10H2,1H3. The van der Waals surface area contributed by atoms with Crippen LogP contribution in [-0.2, 0) is 22.1 Å². The molecule has 0 bridgehead atoms. The number of amides is 1. The SMILES string of the molecule is COC(=O)c1ccc2c(c1)CCN2C(=O)CSc1ccc(C(F)(F)F)cc1[N+](=O)[O-]. The van der Waals surface area contributed by atoms with Gasteiger partial charge in [-0.3, -0.25) is 14.9 Å². The van der Waals surface area contributed by atoms with E-state index < -0.39 is 28.3 Å². The van der Waals surface area contributed by atoms with Crippen LogP contribution in [0.1, 0.15) is 21.5 Å². The molecule has 0 saturated heterocycles. The smallest absolute Gasteiger partial charge is 0.416 e. The van der Waals surface area contributed by atoms with Crippen molar-refractivity contribution in [3.8, 4) is 0 Å². The summed E-state index contributed by atoms with van der Waals surface area (Å²) in [6.45, 7) is 0.370. The molecule has 30 heavy (non-hydrogen) atoms. The zero-order chi connectivity index (χ0) is 22.1. The molecule has 0 spiro atoms. The van der Waals surface area contributed by atoms with Crippen molar-refractivity contribution in [2.45, 2.75) is 17.5 Å². The third kappa shape index (κ3) is 4.40. The van der Waals surface area contributed by atoms with Gasteiger partial charge >= 0.3 is 12.1 Å². The number of hydrogen-bond donors (Lipinski definition) is 0. The maximum atomic E-state index is 12.8. The Morgan fingerprint density at radius 2 is 1.97 bits per heavy atom. The molecule has 158 valence electrons. The molecule has 0 aliphatic carbocycles. The first-order valence-corrected chi connectivity index (χ1v) is 9.60. The van der Waals surface area contributed by atoms with Crippen molar-refractivity contribution in [1.82, 2.24) is 0 Å². The number of ether oxygens (including phenoxy) is 1. The Balaban J connectivity index is 1.75. The summed E-state index contributed by atoms with van der Waals surface area (Å²) >= 11 is 0.802. The van der Waals surface area contributed by atoms with E-state index in [0.717, 1.165) is 29.5 Å². The normalized spacial score (nSPS) is 13.1. The van der Waals surface area contributed by atoms with Gasteiger partial charge in [0.05, 0.1) is 33.8 Å². The third-order valence-electron chi connectivity index (χ3n) is 4.53. The zero-order valence-corrected chi connectivity index (χ0v) is 16.4. The van der Waals surface area contributed by atoms with Crippen molar-refractivity contribution in [2.75, 3.05) is 24.3 Å². The van der Waals surface area contributed by atoms with Gasteiger partial charge in [-0.15, -0.1) is 11.8 Å². The highest BCUT2D eigenvalue weighted by molar-refractivity contribution is 8.00. The second kappa shape index (κ2) is 8.34. The summed E-state index contributed by atoms with van der Waals surface area (Å²) in [4.78, 5) is 36.0. The van der Waals surface area contributed by atoms with Crippen molar-refractivity contribution in [2.24, 2.45) is 0 Å². The Morgan fingerprint density at radius 1 is 1.23 bits per heavy atom. The first-order chi connectivity index (χ1) is 14.1. The number of nitrogens with zero attached hydrogens (tertiary/aromatic N) is 2. The van der Waals surface area contributed by atoms with Crippen LogP contribution < -0.4 is 4.90 Å².